The molecular formula is C17H23N3O3S. The van der Waals surface area contributed by atoms with Crippen LogP contribution in [0.2, 0.25) is 0 Å². The number of likely N-dealkylation sites (tertiary alicyclic amines) is 1. The van der Waals surface area contributed by atoms with Crippen LogP contribution in [0.25, 0.3) is 0 Å². The van der Waals surface area contributed by atoms with Crippen molar-refractivity contribution in [2.75, 3.05) is 6.54 Å². The monoisotopic (exact) mass is 349 g/mol. The minimum absolute atomic E-state index is 0.0725. The molecule has 2 aromatic rings. The van der Waals surface area contributed by atoms with Crippen molar-refractivity contribution in [1.29, 1.82) is 0 Å². The van der Waals surface area contributed by atoms with Gasteiger partial charge in [-0.1, -0.05) is 6.07 Å². The zero-order valence-corrected chi connectivity index (χ0v) is 15.0. The number of aliphatic hydroxyl groups is 1. The Morgan fingerprint density at radius 1 is 1.54 bits per heavy atom. The highest BCUT2D eigenvalue weighted by Crippen LogP contribution is 2.27. The van der Waals surface area contributed by atoms with Gasteiger partial charge in [-0.2, -0.15) is 0 Å². The normalized spacial score (nSPS) is 19.0. The fraction of sp³-hybridized carbons (Fsp3) is 0.529. The maximum Gasteiger partial charge on any atom is 0.410 e. The van der Waals surface area contributed by atoms with Gasteiger partial charge in [0, 0.05) is 30.4 Å². The van der Waals surface area contributed by atoms with Crippen molar-refractivity contribution in [2.45, 2.75) is 51.5 Å². The van der Waals surface area contributed by atoms with E-state index in [9.17, 15) is 9.90 Å². The third kappa shape index (κ3) is 3.62. The molecule has 7 heteroatoms. The summed E-state index contributed by atoms with van der Waals surface area (Å²) in [5.41, 5.74) is -0.493. The highest BCUT2D eigenvalue weighted by Gasteiger charge is 2.36. The second kappa shape index (κ2) is 6.57. The summed E-state index contributed by atoms with van der Waals surface area (Å²) in [5.74, 6) is 0.605. The largest absolute Gasteiger partial charge is 0.444 e. The van der Waals surface area contributed by atoms with Crippen molar-refractivity contribution in [3.05, 3.63) is 40.6 Å². The predicted octanol–water partition coefficient (Wildman–Crippen LogP) is 3.04. The average Bonchev–Trinajstić information content (AvgIpc) is 3.12. The topological polar surface area (TPSA) is 67.6 Å². The zero-order valence-electron chi connectivity index (χ0n) is 14.2. The summed E-state index contributed by atoms with van der Waals surface area (Å²) < 4.78 is 7.36. The molecule has 6 nitrogen and oxygen atoms in total. The maximum atomic E-state index is 12.2. The molecule has 1 N–H and O–H groups in total. The summed E-state index contributed by atoms with van der Waals surface area (Å²) in [7, 11) is 0. The van der Waals surface area contributed by atoms with E-state index in [2.05, 4.69) is 4.98 Å². The first kappa shape index (κ1) is 17.0. The molecule has 1 aliphatic rings. The zero-order chi connectivity index (χ0) is 17.3. The Morgan fingerprint density at radius 3 is 2.92 bits per heavy atom. The first-order valence-electron chi connectivity index (χ1n) is 8.07. The molecule has 0 aliphatic carbocycles. The molecule has 0 aromatic carbocycles. The summed E-state index contributed by atoms with van der Waals surface area (Å²) in [5, 5.41) is 12.4. The molecule has 1 aliphatic heterocycles. The molecule has 2 atom stereocenters. The van der Waals surface area contributed by atoms with Crippen LogP contribution in [-0.4, -0.2) is 43.8 Å². The molecule has 24 heavy (non-hydrogen) atoms. The lowest BCUT2D eigenvalue weighted by Gasteiger charge is -2.41. The Kier molecular flexibility index (Phi) is 4.64. The van der Waals surface area contributed by atoms with Gasteiger partial charge in [0.1, 0.15) is 17.5 Å². The summed E-state index contributed by atoms with van der Waals surface area (Å²) >= 11 is 1.50. The highest BCUT2D eigenvalue weighted by molar-refractivity contribution is 7.10. The van der Waals surface area contributed by atoms with Gasteiger partial charge >= 0.3 is 6.09 Å². The van der Waals surface area contributed by atoms with E-state index in [-0.39, 0.29) is 12.1 Å². The van der Waals surface area contributed by atoms with Crippen LogP contribution in [0.15, 0.2) is 29.9 Å². The number of hydrogen-bond acceptors (Lipinski definition) is 5. The summed E-state index contributed by atoms with van der Waals surface area (Å²) in [6, 6.07) is 3.88. The molecule has 2 unspecified atom stereocenters. The number of imidazole rings is 1. The van der Waals surface area contributed by atoms with Gasteiger partial charge in [0.15, 0.2) is 0 Å². The average molecular weight is 349 g/mol. The van der Waals surface area contributed by atoms with Crippen molar-refractivity contribution in [2.24, 2.45) is 0 Å². The predicted molar refractivity (Wildman–Crippen MR) is 92.0 cm³/mol. The van der Waals surface area contributed by atoms with Crippen molar-refractivity contribution in [3.63, 3.8) is 0 Å². The van der Waals surface area contributed by atoms with Crippen LogP contribution in [0.4, 0.5) is 4.79 Å². The van der Waals surface area contributed by atoms with Crippen LogP contribution in [0.5, 0.6) is 0 Å². The van der Waals surface area contributed by atoms with Gasteiger partial charge in [-0.3, -0.25) is 0 Å². The van der Waals surface area contributed by atoms with E-state index < -0.39 is 11.7 Å². The van der Waals surface area contributed by atoms with Crippen LogP contribution < -0.4 is 0 Å². The maximum absolute atomic E-state index is 12.2. The Hall–Kier alpha value is -1.86. The number of nitrogens with zero attached hydrogens (tertiary/aromatic N) is 3. The van der Waals surface area contributed by atoms with Crippen molar-refractivity contribution in [1.82, 2.24) is 14.5 Å². The molecule has 130 valence electrons. The molecule has 0 bridgehead atoms. The molecule has 3 heterocycles. The highest BCUT2D eigenvalue weighted by atomic mass is 32.1. The molecule has 0 saturated carbocycles. The molecule has 0 spiro atoms. The van der Waals surface area contributed by atoms with Crippen molar-refractivity contribution >= 4 is 17.4 Å². The summed E-state index contributed by atoms with van der Waals surface area (Å²) in [4.78, 5) is 19.1. The minimum atomic E-state index is -0.741. The van der Waals surface area contributed by atoms with Crippen LogP contribution in [0.3, 0.4) is 0 Å². The third-order valence-electron chi connectivity index (χ3n) is 3.98. The molecule has 2 aromatic heterocycles. The number of thiophene rings is 1. The van der Waals surface area contributed by atoms with E-state index in [0.29, 0.717) is 18.9 Å². The number of carbonyl (C=O) groups is 1. The molecule has 0 radical (unpaired) electrons. The van der Waals surface area contributed by atoms with Crippen molar-refractivity contribution < 1.29 is 14.6 Å². The van der Waals surface area contributed by atoms with E-state index in [4.69, 9.17) is 4.74 Å². The van der Waals surface area contributed by atoms with Crippen LogP contribution in [0.1, 0.15) is 44.0 Å². The standard InChI is InChI=1S/C17H23N3O3S/c1-17(2,3)23-16(22)20-8-6-12(20)11-19-9-7-18-15(19)14(21)13-5-4-10-24-13/h4-5,7,9-10,12,14,21H,6,8,11H2,1-3H3. The van der Waals surface area contributed by atoms with Crippen LogP contribution in [0, 0.1) is 0 Å². The van der Waals surface area contributed by atoms with Gasteiger partial charge in [0.2, 0.25) is 0 Å². The van der Waals surface area contributed by atoms with Crippen LogP contribution >= 0.6 is 11.3 Å². The van der Waals surface area contributed by atoms with E-state index in [1.54, 1.807) is 11.1 Å². The Bertz CT molecular complexity index is 690. The fourth-order valence-corrected chi connectivity index (χ4v) is 3.42. The first-order valence-corrected chi connectivity index (χ1v) is 8.95. The summed E-state index contributed by atoms with van der Waals surface area (Å²) in [6.07, 6.45) is 3.43. The lowest BCUT2D eigenvalue weighted by Crippen LogP contribution is -2.54. The Balaban J connectivity index is 1.67. The minimum Gasteiger partial charge on any atom is -0.444 e. The molecule has 1 amide bonds. The van der Waals surface area contributed by atoms with Gasteiger partial charge < -0.3 is 19.3 Å². The Labute approximate surface area is 145 Å². The SMILES string of the molecule is CC(C)(C)OC(=O)N1CCC1Cn1ccnc1C(O)c1cccs1. The molecule has 1 saturated heterocycles. The van der Waals surface area contributed by atoms with E-state index in [0.717, 1.165) is 11.3 Å². The number of aromatic nitrogens is 2. The lowest BCUT2D eigenvalue weighted by atomic mass is 10.0. The number of amides is 1. The number of carbonyl (C=O) groups excluding carboxylic acids is 1. The van der Waals surface area contributed by atoms with Gasteiger partial charge in [-0.15, -0.1) is 11.3 Å². The smallest absolute Gasteiger partial charge is 0.410 e. The molecule has 1 fully saturated rings. The summed E-state index contributed by atoms with van der Waals surface area (Å²) in [6.45, 7) is 6.91. The van der Waals surface area contributed by atoms with E-state index in [1.165, 1.54) is 11.3 Å². The number of hydrogen-bond donors (Lipinski definition) is 1. The van der Waals surface area contributed by atoms with Gasteiger partial charge in [-0.25, -0.2) is 9.78 Å². The quantitative estimate of drug-likeness (QED) is 0.921. The van der Waals surface area contributed by atoms with E-state index in [1.807, 2.05) is 49.0 Å². The lowest BCUT2D eigenvalue weighted by molar-refractivity contribution is -0.00858. The Morgan fingerprint density at radius 2 is 2.33 bits per heavy atom. The number of rotatable bonds is 4. The van der Waals surface area contributed by atoms with Gasteiger partial charge in [-0.05, 0) is 38.6 Å². The molecule has 3 rings (SSSR count). The fourth-order valence-electron chi connectivity index (χ4n) is 2.72. The molecular weight excluding hydrogens is 326 g/mol. The second-order valence-electron chi connectivity index (χ2n) is 6.97. The number of aliphatic hydroxyl groups excluding tert-OH is 1. The first-order chi connectivity index (χ1) is 11.3. The number of ether oxygens (including phenoxy) is 1. The van der Waals surface area contributed by atoms with Crippen LogP contribution in [-0.2, 0) is 11.3 Å². The van der Waals surface area contributed by atoms with Crippen molar-refractivity contribution in [3.8, 4) is 0 Å². The van der Waals surface area contributed by atoms with E-state index >= 15 is 0 Å². The second-order valence-corrected chi connectivity index (χ2v) is 7.95. The van der Waals surface area contributed by atoms with Gasteiger partial charge in [0.25, 0.3) is 0 Å². The third-order valence-corrected chi connectivity index (χ3v) is 4.91. The van der Waals surface area contributed by atoms with Gasteiger partial charge in [0.05, 0.1) is 6.04 Å².